The summed E-state index contributed by atoms with van der Waals surface area (Å²) in [6.45, 7) is 0. The Balaban J connectivity index is 1.29. The molecule has 6 aromatic carbocycles. The van der Waals surface area contributed by atoms with Crippen molar-refractivity contribution < 1.29 is 0 Å². The fourth-order valence-corrected chi connectivity index (χ4v) is 7.63. The molecule has 3 aromatic heterocycles. The minimum atomic E-state index is 0.995. The van der Waals surface area contributed by atoms with E-state index in [-0.39, 0.29) is 0 Å². The Kier molecular flexibility index (Phi) is 4.80. The van der Waals surface area contributed by atoms with Gasteiger partial charge in [-0.05, 0) is 34.7 Å². The SMILES string of the molecule is c1cnc2c(c1)ccc1ccc3c(-c4ccc(-c5cccc6c5sc5ccccc56)cc4)nc4ccccc4c3c12. The normalized spacial score (nSPS) is 11.9. The van der Waals surface area contributed by atoms with Crippen LogP contribution in [-0.4, -0.2) is 9.97 Å². The summed E-state index contributed by atoms with van der Waals surface area (Å²) in [6.07, 6.45) is 1.89. The molecule has 0 aliphatic heterocycles. The van der Waals surface area contributed by atoms with Crippen molar-refractivity contribution in [2.75, 3.05) is 0 Å². The van der Waals surface area contributed by atoms with Crippen LogP contribution in [0.2, 0.25) is 0 Å². The summed E-state index contributed by atoms with van der Waals surface area (Å²) in [5, 5.41) is 9.69. The number of fused-ring (bicyclic) bond motifs is 10. The maximum Gasteiger partial charge on any atom is 0.0788 e. The molecule has 41 heavy (non-hydrogen) atoms. The molecule has 190 valence electrons. The Morgan fingerprint density at radius 2 is 1.24 bits per heavy atom. The van der Waals surface area contributed by atoms with Gasteiger partial charge in [-0.15, -0.1) is 11.3 Å². The van der Waals surface area contributed by atoms with E-state index in [1.807, 2.05) is 23.6 Å². The molecule has 0 unspecified atom stereocenters. The Morgan fingerprint density at radius 3 is 2.17 bits per heavy atom. The van der Waals surface area contributed by atoms with Crippen LogP contribution in [0.25, 0.3) is 85.9 Å². The highest BCUT2D eigenvalue weighted by Gasteiger charge is 2.16. The van der Waals surface area contributed by atoms with Gasteiger partial charge in [-0.3, -0.25) is 4.98 Å². The third-order valence-corrected chi connectivity index (χ3v) is 9.51. The Hall–Kier alpha value is -5.12. The maximum absolute atomic E-state index is 5.22. The van der Waals surface area contributed by atoms with Gasteiger partial charge in [0.25, 0.3) is 0 Å². The van der Waals surface area contributed by atoms with Crippen LogP contribution in [0, 0.1) is 0 Å². The maximum atomic E-state index is 5.22. The van der Waals surface area contributed by atoms with Gasteiger partial charge >= 0.3 is 0 Å². The number of hydrogen-bond donors (Lipinski definition) is 0. The first-order valence-corrected chi connectivity index (χ1v) is 14.7. The molecule has 3 heterocycles. The molecule has 0 N–H and O–H groups in total. The van der Waals surface area contributed by atoms with E-state index in [9.17, 15) is 0 Å². The summed E-state index contributed by atoms with van der Waals surface area (Å²) < 4.78 is 2.66. The van der Waals surface area contributed by atoms with Crippen molar-refractivity contribution in [3.05, 3.63) is 134 Å². The zero-order valence-corrected chi connectivity index (χ0v) is 22.8. The van der Waals surface area contributed by atoms with E-state index in [1.165, 1.54) is 47.5 Å². The molecule has 0 radical (unpaired) electrons. The fraction of sp³-hybridized carbons (Fsp3) is 0. The lowest BCUT2D eigenvalue weighted by atomic mass is 9.93. The first-order chi connectivity index (χ1) is 20.3. The number of para-hydroxylation sites is 1. The van der Waals surface area contributed by atoms with Gasteiger partial charge in [-0.2, -0.15) is 0 Å². The number of nitrogens with zero attached hydrogens (tertiary/aromatic N) is 2. The number of benzene rings is 6. The first-order valence-electron chi connectivity index (χ1n) is 13.8. The van der Waals surface area contributed by atoms with Gasteiger partial charge in [0.1, 0.15) is 0 Å². The van der Waals surface area contributed by atoms with E-state index in [2.05, 4.69) is 121 Å². The second-order valence-corrected chi connectivity index (χ2v) is 11.6. The van der Waals surface area contributed by atoms with Crippen molar-refractivity contribution >= 4 is 74.9 Å². The third-order valence-electron chi connectivity index (χ3n) is 8.29. The Bertz CT molecular complexity index is 2470. The van der Waals surface area contributed by atoms with Gasteiger partial charge in [0.15, 0.2) is 0 Å². The molecule has 0 aliphatic rings. The molecule has 0 atom stereocenters. The predicted octanol–water partition coefficient (Wildman–Crippen LogP) is 10.8. The van der Waals surface area contributed by atoms with Crippen LogP contribution in [-0.2, 0) is 0 Å². The van der Waals surface area contributed by atoms with E-state index in [1.54, 1.807) is 0 Å². The molecule has 0 saturated carbocycles. The highest BCUT2D eigenvalue weighted by molar-refractivity contribution is 7.26. The summed E-state index contributed by atoms with van der Waals surface area (Å²) >= 11 is 1.87. The van der Waals surface area contributed by atoms with Crippen molar-refractivity contribution in [2.24, 2.45) is 0 Å². The molecule has 0 fully saturated rings. The van der Waals surface area contributed by atoms with Crippen molar-refractivity contribution in [1.29, 1.82) is 0 Å². The van der Waals surface area contributed by atoms with Crippen molar-refractivity contribution in [3.8, 4) is 22.4 Å². The summed E-state index contributed by atoms with van der Waals surface area (Å²) in [7, 11) is 0. The van der Waals surface area contributed by atoms with Gasteiger partial charge < -0.3 is 0 Å². The summed E-state index contributed by atoms with van der Waals surface area (Å²) in [6, 6.07) is 45.7. The zero-order chi connectivity index (χ0) is 26.9. The van der Waals surface area contributed by atoms with Crippen molar-refractivity contribution in [1.82, 2.24) is 9.97 Å². The van der Waals surface area contributed by atoms with Crippen LogP contribution in [0.1, 0.15) is 0 Å². The average molecular weight is 539 g/mol. The van der Waals surface area contributed by atoms with Crippen molar-refractivity contribution in [2.45, 2.75) is 0 Å². The lowest BCUT2D eigenvalue weighted by Crippen LogP contribution is -1.92. The Morgan fingerprint density at radius 1 is 0.488 bits per heavy atom. The molecular formula is C38H22N2S. The van der Waals surface area contributed by atoms with Crippen LogP contribution in [0.15, 0.2) is 134 Å². The lowest BCUT2D eigenvalue weighted by molar-refractivity contribution is 1.42. The van der Waals surface area contributed by atoms with E-state index in [0.717, 1.165) is 38.4 Å². The second kappa shape index (κ2) is 8.69. The number of rotatable bonds is 2. The molecule has 0 aliphatic carbocycles. The summed E-state index contributed by atoms with van der Waals surface area (Å²) in [4.78, 5) is 10.1. The number of hydrogen-bond acceptors (Lipinski definition) is 3. The molecule has 0 bridgehead atoms. The van der Waals surface area contributed by atoms with E-state index >= 15 is 0 Å². The van der Waals surface area contributed by atoms with Gasteiger partial charge in [0, 0.05) is 58.9 Å². The van der Waals surface area contributed by atoms with E-state index < -0.39 is 0 Å². The monoisotopic (exact) mass is 538 g/mol. The number of thiophene rings is 1. The Labute approximate surface area is 240 Å². The fourth-order valence-electron chi connectivity index (χ4n) is 6.40. The van der Waals surface area contributed by atoms with Crippen molar-refractivity contribution in [3.63, 3.8) is 0 Å². The molecule has 9 rings (SSSR count). The molecule has 0 spiro atoms. The lowest BCUT2D eigenvalue weighted by Gasteiger charge is -2.14. The minimum absolute atomic E-state index is 0.995. The summed E-state index contributed by atoms with van der Waals surface area (Å²) in [5.74, 6) is 0. The number of aromatic nitrogens is 2. The summed E-state index contributed by atoms with van der Waals surface area (Å²) in [5.41, 5.74) is 6.63. The molecular weight excluding hydrogens is 516 g/mol. The van der Waals surface area contributed by atoms with Gasteiger partial charge in [0.05, 0.1) is 16.7 Å². The topological polar surface area (TPSA) is 25.8 Å². The van der Waals surface area contributed by atoms with Crippen LogP contribution in [0.4, 0.5) is 0 Å². The predicted molar refractivity (Wildman–Crippen MR) is 176 cm³/mol. The standard InChI is InChI=1S/C38H22N2S/c1-3-12-32-30(9-1)35-31(21-20-24-16-19-25-7-6-22-39-37(25)34(24)35)36(40-32)26-17-14-23(15-18-26)27-10-5-11-29-28-8-2-4-13-33(28)41-38(27)29/h1-22H. The van der Waals surface area contributed by atoms with Crippen LogP contribution in [0.3, 0.4) is 0 Å². The highest BCUT2D eigenvalue weighted by Crippen LogP contribution is 2.42. The minimum Gasteiger partial charge on any atom is -0.256 e. The van der Waals surface area contributed by atoms with Crippen LogP contribution >= 0.6 is 11.3 Å². The quantitative estimate of drug-likeness (QED) is 0.205. The largest absolute Gasteiger partial charge is 0.256 e. The molecule has 0 saturated heterocycles. The first kappa shape index (κ1) is 22.7. The highest BCUT2D eigenvalue weighted by atomic mass is 32.1. The number of pyridine rings is 2. The van der Waals surface area contributed by atoms with Crippen LogP contribution in [0.5, 0.6) is 0 Å². The molecule has 9 aromatic rings. The van der Waals surface area contributed by atoms with E-state index in [4.69, 9.17) is 9.97 Å². The van der Waals surface area contributed by atoms with Crippen LogP contribution < -0.4 is 0 Å². The molecule has 2 nitrogen and oxygen atoms in total. The van der Waals surface area contributed by atoms with E-state index in [0.29, 0.717) is 0 Å². The zero-order valence-electron chi connectivity index (χ0n) is 22.0. The van der Waals surface area contributed by atoms with Gasteiger partial charge in [0.2, 0.25) is 0 Å². The second-order valence-electron chi connectivity index (χ2n) is 10.6. The van der Waals surface area contributed by atoms with Gasteiger partial charge in [-0.25, -0.2) is 4.98 Å². The average Bonchev–Trinajstić information content (AvgIpc) is 3.43. The smallest absolute Gasteiger partial charge is 0.0788 e. The molecule has 0 amide bonds. The third kappa shape index (κ3) is 3.36. The van der Waals surface area contributed by atoms with Gasteiger partial charge in [-0.1, -0.05) is 109 Å². The molecule has 3 heteroatoms.